The Bertz CT molecular complexity index is 1000. The molecule has 9 heteroatoms. The van der Waals surface area contributed by atoms with E-state index in [4.69, 9.17) is 0 Å². The molecule has 0 spiro atoms. The van der Waals surface area contributed by atoms with Gasteiger partial charge in [0.15, 0.2) is 0 Å². The van der Waals surface area contributed by atoms with Gasteiger partial charge in [-0.25, -0.2) is 13.2 Å². The second kappa shape index (κ2) is 5.99. The number of rotatable bonds is 3. The summed E-state index contributed by atoms with van der Waals surface area (Å²) in [4.78, 5) is 25.9. The van der Waals surface area contributed by atoms with E-state index in [2.05, 4.69) is 0 Å². The lowest BCUT2D eigenvalue weighted by molar-refractivity contribution is -0.132. The molecular formula is C16H22N4O4S. The van der Waals surface area contributed by atoms with Crippen LogP contribution in [0.2, 0.25) is 0 Å². The van der Waals surface area contributed by atoms with Crippen LogP contribution in [-0.2, 0) is 28.9 Å². The van der Waals surface area contributed by atoms with Crippen LogP contribution >= 0.6 is 0 Å². The molecule has 0 bridgehead atoms. The van der Waals surface area contributed by atoms with Crippen LogP contribution in [0.25, 0.3) is 11.0 Å². The highest BCUT2D eigenvalue weighted by Crippen LogP contribution is 2.28. The van der Waals surface area contributed by atoms with E-state index < -0.39 is 16.1 Å². The first kappa shape index (κ1) is 17.7. The van der Waals surface area contributed by atoms with Crippen molar-refractivity contribution in [2.24, 2.45) is 14.1 Å². The number of fused-ring (bicyclic) bond motifs is 1. The van der Waals surface area contributed by atoms with E-state index in [9.17, 15) is 18.0 Å². The lowest BCUT2D eigenvalue weighted by Crippen LogP contribution is -2.45. The SMILES string of the molecule is CN(C)C(=O)[C@H]1CCCN1S(=O)(=O)c1ccc2c(c1)n(C)c(=O)n2C. The minimum atomic E-state index is -3.82. The third kappa shape index (κ3) is 2.67. The maximum Gasteiger partial charge on any atom is 0.328 e. The van der Waals surface area contributed by atoms with Crippen LogP contribution in [0.4, 0.5) is 0 Å². The van der Waals surface area contributed by atoms with Gasteiger partial charge in [-0.1, -0.05) is 0 Å². The molecular weight excluding hydrogens is 344 g/mol. The summed E-state index contributed by atoms with van der Waals surface area (Å²) in [6.07, 6.45) is 1.16. The first-order chi connectivity index (χ1) is 11.7. The number of amides is 1. The lowest BCUT2D eigenvalue weighted by Gasteiger charge is -2.25. The number of aryl methyl sites for hydroxylation is 2. The maximum absolute atomic E-state index is 13.1. The Kier molecular flexibility index (Phi) is 4.24. The number of carbonyl (C=O) groups is 1. The number of aromatic nitrogens is 2. The summed E-state index contributed by atoms with van der Waals surface area (Å²) in [6.45, 7) is 0.318. The fourth-order valence-corrected chi connectivity index (χ4v) is 5.03. The maximum atomic E-state index is 13.1. The zero-order valence-electron chi connectivity index (χ0n) is 14.8. The van der Waals surface area contributed by atoms with Crippen LogP contribution in [0.15, 0.2) is 27.9 Å². The lowest BCUT2D eigenvalue weighted by atomic mass is 10.2. The summed E-state index contributed by atoms with van der Waals surface area (Å²) < 4.78 is 30.3. The number of benzene rings is 1. The largest absolute Gasteiger partial charge is 0.347 e. The summed E-state index contributed by atoms with van der Waals surface area (Å²) in [5.74, 6) is -0.214. The van der Waals surface area contributed by atoms with Gasteiger partial charge in [-0.2, -0.15) is 4.31 Å². The summed E-state index contributed by atoms with van der Waals surface area (Å²) in [5.41, 5.74) is 0.989. The molecule has 1 aromatic heterocycles. The number of sulfonamides is 1. The predicted octanol–water partition coefficient (Wildman–Crippen LogP) is 0.118. The quantitative estimate of drug-likeness (QED) is 0.772. The standard InChI is InChI=1S/C16H22N4O4S/c1-17(2)15(21)13-6-5-9-20(13)25(23,24)11-7-8-12-14(10-11)19(4)16(22)18(12)3/h7-8,10,13H,5-6,9H2,1-4H3/t13-/m1/s1. The third-order valence-corrected chi connectivity index (χ3v) is 6.68. The number of imidazole rings is 1. The smallest absolute Gasteiger partial charge is 0.328 e. The number of likely N-dealkylation sites (N-methyl/N-ethyl adjacent to an activating group) is 1. The van der Waals surface area contributed by atoms with E-state index in [0.717, 1.165) is 0 Å². The molecule has 136 valence electrons. The summed E-state index contributed by atoms with van der Waals surface area (Å²) in [5, 5.41) is 0. The van der Waals surface area contributed by atoms with Crippen LogP contribution in [0.3, 0.4) is 0 Å². The fraction of sp³-hybridized carbons (Fsp3) is 0.500. The minimum Gasteiger partial charge on any atom is -0.347 e. The Morgan fingerprint density at radius 2 is 1.80 bits per heavy atom. The molecule has 1 aliphatic rings. The Balaban J connectivity index is 2.08. The molecule has 0 saturated carbocycles. The van der Waals surface area contributed by atoms with E-state index in [1.165, 1.54) is 30.5 Å². The van der Waals surface area contributed by atoms with Gasteiger partial charge in [0.05, 0.1) is 15.9 Å². The summed E-state index contributed by atoms with van der Waals surface area (Å²) in [6, 6.07) is 3.95. The topological polar surface area (TPSA) is 84.6 Å². The Labute approximate surface area is 146 Å². The zero-order valence-corrected chi connectivity index (χ0v) is 15.6. The van der Waals surface area contributed by atoms with Gasteiger partial charge in [-0.05, 0) is 31.0 Å². The second-order valence-corrected chi connectivity index (χ2v) is 8.45. The van der Waals surface area contributed by atoms with E-state index in [0.29, 0.717) is 30.4 Å². The first-order valence-electron chi connectivity index (χ1n) is 8.04. The van der Waals surface area contributed by atoms with Gasteiger partial charge in [-0.3, -0.25) is 13.9 Å². The molecule has 1 aromatic carbocycles. The minimum absolute atomic E-state index is 0.0969. The van der Waals surface area contributed by atoms with Crippen molar-refractivity contribution in [3.63, 3.8) is 0 Å². The van der Waals surface area contributed by atoms with Gasteiger partial charge in [-0.15, -0.1) is 0 Å². The van der Waals surface area contributed by atoms with Crippen molar-refractivity contribution in [2.75, 3.05) is 20.6 Å². The van der Waals surface area contributed by atoms with Gasteiger partial charge < -0.3 is 4.90 Å². The highest BCUT2D eigenvalue weighted by molar-refractivity contribution is 7.89. The van der Waals surface area contributed by atoms with E-state index in [-0.39, 0.29) is 16.5 Å². The van der Waals surface area contributed by atoms with Gasteiger partial charge in [0.1, 0.15) is 6.04 Å². The van der Waals surface area contributed by atoms with Crippen molar-refractivity contribution in [1.29, 1.82) is 0 Å². The van der Waals surface area contributed by atoms with Crippen molar-refractivity contribution in [3.05, 3.63) is 28.7 Å². The monoisotopic (exact) mass is 366 g/mol. The molecule has 2 aromatic rings. The first-order valence-corrected chi connectivity index (χ1v) is 9.48. The molecule has 0 unspecified atom stereocenters. The van der Waals surface area contributed by atoms with Crippen LogP contribution < -0.4 is 5.69 Å². The summed E-state index contributed by atoms with van der Waals surface area (Å²) >= 11 is 0. The molecule has 0 N–H and O–H groups in total. The molecule has 25 heavy (non-hydrogen) atoms. The van der Waals surface area contributed by atoms with E-state index in [1.54, 1.807) is 34.3 Å². The molecule has 1 aliphatic heterocycles. The van der Waals surface area contributed by atoms with Crippen molar-refractivity contribution in [3.8, 4) is 0 Å². The van der Waals surface area contributed by atoms with E-state index >= 15 is 0 Å². The number of nitrogens with zero attached hydrogens (tertiary/aromatic N) is 4. The van der Waals surface area contributed by atoms with E-state index in [1.807, 2.05) is 0 Å². The molecule has 2 heterocycles. The number of hydrogen-bond donors (Lipinski definition) is 0. The fourth-order valence-electron chi connectivity index (χ4n) is 3.36. The van der Waals surface area contributed by atoms with Gasteiger partial charge in [0, 0.05) is 34.7 Å². The molecule has 1 fully saturated rings. The third-order valence-electron chi connectivity index (χ3n) is 4.78. The van der Waals surface area contributed by atoms with Crippen molar-refractivity contribution in [1.82, 2.24) is 18.3 Å². The van der Waals surface area contributed by atoms with Crippen molar-refractivity contribution < 1.29 is 13.2 Å². The summed E-state index contributed by atoms with van der Waals surface area (Å²) in [7, 11) is 2.68. The van der Waals surface area contributed by atoms with Crippen LogP contribution in [0, 0.1) is 0 Å². The van der Waals surface area contributed by atoms with Crippen LogP contribution in [0.1, 0.15) is 12.8 Å². The van der Waals surface area contributed by atoms with Gasteiger partial charge >= 0.3 is 5.69 Å². The van der Waals surface area contributed by atoms with Gasteiger partial charge in [0.2, 0.25) is 15.9 Å². The number of carbonyl (C=O) groups excluding carboxylic acids is 1. The zero-order chi connectivity index (χ0) is 18.5. The highest BCUT2D eigenvalue weighted by atomic mass is 32.2. The molecule has 1 atom stereocenters. The Hall–Kier alpha value is -2.13. The van der Waals surface area contributed by atoms with Crippen LogP contribution in [0.5, 0.6) is 0 Å². The van der Waals surface area contributed by atoms with Crippen molar-refractivity contribution in [2.45, 2.75) is 23.8 Å². The average molecular weight is 366 g/mol. The molecule has 3 rings (SSSR count). The number of hydrogen-bond acceptors (Lipinski definition) is 4. The van der Waals surface area contributed by atoms with Gasteiger partial charge in [0.25, 0.3) is 0 Å². The molecule has 1 amide bonds. The van der Waals surface area contributed by atoms with Crippen molar-refractivity contribution >= 4 is 27.0 Å². The highest BCUT2D eigenvalue weighted by Gasteiger charge is 2.40. The predicted molar refractivity (Wildman–Crippen MR) is 93.8 cm³/mol. The Morgan fingerprint density at radius 3 is 2.44 bits per heavy atom. The van der Waals surface area contributed by atoms with Crippen LogP contribution in [-0.4, -0.2) is 59.3 Å². The molecule has 8 nitrogen and oxygen atoms in total. The molecule has 0 aliphatic carbocycles. The second-order valence-electron chi connectivity index (χ2n) is 6.56. The normalized spacial score (nSPS) is 18.8. The Morgan fingerprint density at radius 1 is 1.16 bits per heavy atom. The molecule has 0 radical (unpaired) electrons. The molecule has 1 saturated heterocycles. The average Bonchev–Trinajstić information content (AvgIpc) is 3.15.